The van der Waals surface area contributed by atoms with Crippen molar-refractivity contribution in [1.82, 2.24) is 20.5 Å². The fraction of sp³-hybridized carbons (Fsp3) is 0.429. The van der Waals surface area contributed by atoms with Gasteiger partial charge in [0.2, 0.25) is 11.7 Å². The maximum absolute atomic E-state index is 14.0. The van der Waals surface area contributed by atoms with E-state index >= 15 is 0 Å². The summed E-state index contributed by atoms with van der Waals surface area (Å²) in [4.78, 5) is 35.8. The minimum absolute atomic E-state index is 0.0462. The van der Waals surface area contributed by atoms with Gasteiger partial charge in [0.25, 0.3) is 5.91 Å². The third-order valence-electron chi connectivity index (χ3n) is 8.43. The van der Waals surface area contributed by atoms with Gasteiger partial charge in [0.05, 0.1) is 0 Å². The molecule has 2 aromatic carbocycles. The number of carbonyl (C=O) groups excluding carboxylic acids is 2. The molecule has 6 rings (SSSR count). The number of hydrogen-bond donors (Lipinski definition) is 2. The number of carbonyl (C=O) groups is 2. The number of aromatic nitrogens is 3. The number of amides is 2. The van der Waals surface area contributed by atoms with E-state index in [1.54, 1.807) is 0 Å². The van der Waals surface area contributed by atoms with E-state index in [0.29, 0.717) is 30.5 Å². The van der Waals surface area contributed by atoms with Gasteiger partial charge in [-0.05, 0) is 54.2 Å². The van der Waals surface area contributed by atoms with Crippen LogP contribution in [0.2, 0.25) is 0 Å². The number of fused-ring (bicyclic) bond motifs is 1. The molecule has 204 valence electrons. The van der Waals surface area contributed by atoms with Crippen molar-refractivity contribution in [3.05, 3.63) is 71.3 Å². The maximum Gasteiger partial charge on any atom is 0.291 e. The van der Waals surface area contributed by atoms with Crippen LogP contribution in [0.1, 0.15) is 46.8 Å². The third-order valence-corrected chi connectivity index (χ3v) is 8.43. The fourth-order valence-electron chi connectivity index (χ4n) is 6.25. The molecule has 2 amide bonds. The van der Waals surface area contributed by atoms with Gasteiger partial charge < -0.3 is 19.9 Å². The molecule has 0 aliphatic carbocycles. The number of ether oxygens (including phenoxy) is 1. The highest BCUT2D eigenvalue weighted by Gasteiger charge is 2.44. The number of H-pyrrole nitrogens is 1. The summed E-state index contributed by atoms with van der Waals surface area (Å²) in [6.07, 6.45) is 3.97. The zero-order valence-corrected chi connectivity index (χ0v) is 23.6. The van der Waals surface area contributed by atoms with Crippen LogP contribution in [0.15, 0.2) is 48.5 Å². The van der Waals surface area contributed by atoms with E-state index in [2.05, 4.69) is 43.6 Å². The molecule has 2 saturated heterocycles. The zero-order valence-electron chi connectivity index (χ0n) is 23.6. The number of aromatic amines is 1. The lowest BCUT2D eigenvalue weighted by atomic mass is 9.48. The number of hydrogen-bond acceptors (Lipinski definition) is 6. The summed E-state index contributed by atoms with van der Waals surface area (Å²) in [7, 11) is 6.12. The number of rotatable bonds is 6. The van der Waals surface area contributed by atoms with E-state index in [0.717, 1.165) is 61.6 Å². The Morgan fingerprint density at radius 2 is 1.88 bits per heavy atom. The Morgan fingerprint density at radius 3 is 2.60 bits per heavy atom. The molecular formula is C28H35B3N6O3. The van der Waals surface area contributed by atoms with Crippen molar-refractivity contribution in [1.29, 1.82) is 0 Å². The molecule has 3 aliphatic rings. The molecule has 9 nitrogen and oxygen atoms in total. The van der Waals surface area contributed by atoms with E-state index < -0.39 is 17.2 Å². The van der Waals surface area contributed by atoms with Crippen LogP contribution in [0.4, 0.5) is 11.4 Å². The number of benzene rings is 2. The van der Waals surface area contributed by atoms with E-state index in [1.165, 1.54) is 0 Å². The highest BCUT2D eigenvalue weighted by molar-refractivity contribution is 6.62. The smallest absolute Gasteiger partial charge is 0.291 e. The van der Waals surface area contributed by atoms with Crippen molar-refractivity contribution in [3.8, 4) is 0 Å². The molecule has 4 heterocycles. The van der Waals surface area contributed by atoms with E-state index in [9.17, 15) is 9.59 Å². The molecule has 1 atom stereocenters. The maximum atomic E-state index is 14.0. The average molecular weight is 536 g/mol. The van der Waals surface area contributed by atoms with Gasteiger partial charge in [0, 0.05) is 49.5 Å². The van der Waals surface area contributed by atoms with Crippen LogP contribution in [0.5, 0.6) is 0 Å². The highest BCUT2D eigenvalue weighted by atomic mass is 16.5. The highest BCUT2D eigenvalue weighted by Crippen LogP contribution is 2.43. The molecule has 0 saturated carbocycles. The van der Waals surface area contributed by atoms with Gasteiger partial charge in [-0.2, -0.15) is 0 Å². The number of anilines is 2. The molecule has 0 radical (unpaired) electrons. The summed E-state index contributed by atoms with van der Waals surface area (Å²) in [5.41, 5.74) is 4.63. The second kappa shape index (κ2) is 10.5. The van der Waals surface area contributed by atoms with Gasteiger partial charge in [-0.1, -0.05) is 36.4 Å². The van der Waals surface area contributed by atoms with Gasteiger partial charge >= 0.3 is 0 Å². The summed E-state index contributed by atoms with van der Waals surface area (Å²) in [6, 6.07) is 15.7. The van der Waals surface area contributed by atoms with Gasteiger partial charge in [0.15, 0.2) is 0 Å². The lowest BCUT2D eigenvalue weighted by molar-refractivity contribution is -0.120. The first-order chi connectivity index (χ1) is 19.2. The summed E-state index contributed by atoms with van der Waals surface area (Å²) in [5.74, 6) is 0.0938. The van der Waals surface area contributed by atoms with Crippen molar-refractivity contribution in [2.75, 3.05) is 36.1 Å². The Morgan fingerprint density at radius 1 is 1.12 bits per heavy atom. The number of nitrogens with one attached hydrogen (secondary N) is 2. The molecule has 0 bridgehead atoms. The quantitative estimate of drug-likeness (QED) is 0.416. The first kappa shape index (κ1) is 26.7. The molecule has 3 aliphatic heterocycles. The third kappa shape index (κ3) is 5.29. The molecule has 40 heavy (non-hydrogen) atoms. The topological polar surface area (TPSA) is 103 Å². The van der Waals surface area contributed by atoms with Crippen molar-refractivity contribution in [2.24, 2.45) is 5.41 Å². The largest absolute Gasteiger partial charge is 0.381 e. The van der Waals surface area contributed by atoms with Crippen molar-refractivity contribution in [2.45, 2.75) is 43.4 Å². The van der Waals surface area contributed by atoms with Crippen LogP contribution in [0, 0.1) is 5.41 Å². The van der Waals surface area contributed by atoms with Gasteiger partial charge in [0.1, 0.15) is 35.4 Å². The molecule has 1 aromatic heterocycles. The Kier molecular flexibility index (Phi) is 6.98. The van der Waals surface area contributed by atoms with Crippen molar-refractivity contribution in [3.63, 3.8) is 0 Å². The molecular weight excluding hydrogens is 501 g/mol. The SMILES string of the molecule is BC(B)(B)N1C(=O)C(NC(=O)c2n[nH]c(Cc3ccccc3)n2)CCc2ccc(N3CC4(CCOCC4)C3)cc21. The van der Waals surface area contributed by atoms with Crippen LogP contribution < -0.4 is 15.1 Å². The van der Waals surface area contributed by atoms with Crippen LogP contribution in [-0.4, -0.2) is 88.1 Å². The molecule has 2 N–H and O–H groups in total. The molecule has 1 unspecified atom stereocenters. The second-order valence-electron chi connectivity index (χ2n) is 12.5. The Hall–Kier alpha value is -3.53. The Balaban J connectivity index is 1.18. The van der Waals surface area contributed by atoms with Crippen LogP contribution in [-0.2, 0) is 22.4 Å². The lowest BCUT2D eigenvalue weighted by Gasteiger charge is -2.53. The summed E-state index contributed by atoms with van der Waals surface area (Å²) >= 11 is 0. The monoisotopic (exact) mass is 536 g/mol. The van der Waals surface area contributed by atoms with Crippen LogP contribution >= 0.6 is 0 Å². The van der Waals surface area contributed by atoms with E-state index in [1.807, 2.05) is 58.8 Å². The predicted octanol–water partition coefficient (Wildman–Crippen LogP) is -0.399. The minimum atomic E-state index is -0.673. The van der Waals surface area contributed by atoms with Crippen LogP contribution in [0.3, 0.4) is 0 Å². The van der Waals surface area contributed by atoms with Crippen molar-refractivity contribution >= 4 is 46.7 Å². The summed E-state index contributed by atoms with van der Waals surface area (Å²) in [6.45, 7) is 3.75. The fourth-order valence-corrected chi connectivity index (χ4v) is 6.25. The predicted molar refractivity (Wildman–Crippen MR) is 162 cm³/mol. The first-order valence-electron chi connectivity index (χ1n) is 14.3. The van der Waals surface area contributed by atoms with E-state index in [4.69, 9.17) is 4.74 Å². The number of aryl methyl sites for hydroxylation is 1. The molecule has 2 fully saturated rings. The van der Waals surface area contributed by atoms with E-state index in [-0.39, 0.29) is 11.7 Å². The molecule has 1 spiro atoms. The first-order valence-corrected chi connectivity index (χ1v) is 14.3. The van der Waals surface area contributed by atoms with Gasteiger partial charge in [-0.15, -0.1) is 5.10 Å². The standard InChI is InChI=1S/C28H35B3N6O3/c29-28(30,31)37-22-15-20(36-16-27(17-36)10-12-40-13-11-27)8-6-19(22)7-9-21(26(37)39)32-25(38)24-33-23(34-35-24)14-18-4-2-1-3-5-18/h1-6,8,15,21H,7,9-14,16-17,29-31H2,(H,32,38)(H,33,34,35). The normalized spacial score (nSPS) is 20.5. The Bertz CT molecular complexity index is 1400. The van der Waals surface area contributed by atoms with Gasteiger partial charge in [-0.25, -0.2) is 4.98 Å². The molecule has 3 aromatic rings. The average Bonchev–Trinajstić information content (AvgIpc) is 3.33. The summed E-state index contributed by atoms with van der Waals surface area (Å²) < 4.78 is 5.58. The Labute approximate surface area is 237 Å². The second-order valence-corrected chi connectivity index (χ2v) is 12.5. The number of nitrogens with zero attached hydrogens (tertiary/aromatic N) is 4. The zero-order chi connectivity index (χ0) is 27.9. The van der Waals surface area contributed by atoms with Crippen molar-refractivity contribution < 1.29 is 14.3 Å². The summed E-state index contributed by atoms with van der Waals surface area (Å²) in [5, 5.41) is 9.46. The van der Waals surface area contributed by atoms with Gasteiger partial charge in [-0.3, -0.25) is 14.7 Å². The van der Waals surface area contributed by atoms with Crippen LogP contribution in [0.25, 0.3) is 0 Å². The lowest BCUT2D eigenvalue weighted by Crippen LogP contribution is -2.60. The molecule has 12 heteroatoms. The minimum Gasteiger partial charge on any atom is -0.381 e.